The van der Waals surface area contributed by atoms with Gasteiger partial charge >= 0.3 is 0 Å². The normalized spacial score (nSPS) is 12.5. The summed E-state index contributed by atoms with van der Waals surface area (Å²) >= 11 is 3.27. The van der Waals surface area contributed by atoms with Gasteiger partial charge in [-0.1, -0.05) is 15.9 Å². The van der Waals surface area contributed by atoms with Crippen LogP contribution >= 0.6 is 15.9 Å². The van der Waals surface area contributed by atoms with E-state index in [9.17, 15) is 19.2 Å². The van der Waals surface area contributed by atoms with Gasteiger partial charge in [0.25, 0.3) is 11.8 Å². The first-order valence-electron chi connectivity index (χ1n) is 9.34. The van der Waals surface area contributed by atoms with Crippen molar-refractivity contribution in [2.75, 3.05) is 25.0 Å². The van der Waals surface area contributed by atoms with Gasteiger partial charge in [0, 0.05) is 23.1 Å². The zero-order valence-electron chi connectivity index (χ0n) is 16.2. The molecule has 9 heteroatoms. The fourth-order valence-corrected chi connectivity index (χ4v) is 3.31. The molecule has 0 aliphatic carbocycles. The molecule has 2 N–H and O–H groups in total. The summed E-state index contributed by atoms with van der Waals surface area (Å²) in [5, 5.41) is 5.15. The highest BCUT2D eigenvalue weighted by Gasteiger charge is 2.35. The zero-order valence-corrected chi connectivity index (χ0v) is 17.8. The lowest BCUT2D eigenvalue weighted by atomic mass is 10.1. The van der Waals surface area contributed by atoms with Gasteiger partial charge in [0.15, 0.2) is 0 Å². The van der Waals surface area contributed by atoms with E-state index in [1.165, 1.54) is 0 Å². The first-order chi connectivity index (χ1) is 14.4. The molecule has 0 aromatic heterocycles. The maximum atomic E-state index is 12.4. The molecule has 30 heavy (non-hydrogen) atoms. The van der Waals surface area contributed by atoms with Gasteiger partial charge in [-0.2, -0.15) is 0 Å². The van der Waals surface area contributed by atoms with Crippen molar-refractivity contribution in [2.24, 2.45) is 0 Å². The van der Waals surface area contributed by atoms with Gasteiger partial charge in [0.05, 0.1) is 24.3 Å². The summed E-state index contributed by atoms with van der Waals surface area (Å²) < 4.78 is 6.03. The molecular formula is C21H20BrN3O5. The predicted octanol–water partition coefficient (Wildman–Crippen LogP) is 2.59. The van der Waals surface area contributed by atoms with Crippen LogP contribution in [0, 0.1) is 0 Å². The third-order valence-electron chi connectivity index (χ3n) is 4.39. The highest BCUT2D eigenvalue weighted by molar-refractivity contribution is 9.10. The molecule has 0 bridgehead atoms. The van der Waals surface area contributed by atoms with Crippen LogP contribution in [0.4, 0.5) is 5.69 Å². The van der Waals surface area contributed by atoms with Crippen molar-refractivity contribution < 1.29 is 23.9 Å². The van der Waals surface area contributed by atoms with Crippen LogP contribution in [-0.2, 0) is 9.59 Å². The minimum Gasteiger partial charge on any atom is -0.494 e. The number of benzene rings is 2. The lowest BCUT2D eigenvalue weighted by Gasteiger charge is -2.13. The Hall–Kier alpha value is -3.20. The number of hydrogen-bond donors (Lipinski definition) is 2. The van der Waals surface area contributed by atoms with Gasteiger partial charge in [-0.25, -0.2) is 0 Å². The lowest BCUT2D eigenvalue weighted by Crippen LogP contribution is -2.37. The summed E-state index contributed by atoms with van der Waals surface area (Å²) in [6, 6.07) is 11.7. The first kappa shape index (κ1) is 21.5. The zero-order chi connectivity index (χ0) is 21.7. The molecule has 0 spiro atoms. The van der Waals surface area contributed by atoms with Crippen LogP contribution in [-0.4, -0.2) is 48.2 Å². The lowest BCUT2D eigenvalue weighted by molar-refractivity contribution is -0.124. The number of fused-ring (bicyclic) bond motifs is 1. The smallest absolute Gasteiger partial charge is 0.261 e. The van der Waals surface area contributed by atoms with Crippen LogP contribution in [0.1, 0.15) is 34.1 Å². The Morgan fingerprint density at radius 1 is 1.00 bits per heavy atom. The molecule has 0 saturated heterocycles. The largest absolute Gasteiger partial charge is 0.494 e. The van der Waals surface area contributed by atoms with E-state index in [0.717, 1.165) is 4.90 Å². The number of nitrogens with zero attached hydrogens (tertiary/aromatic N) is 1. The number of hydrogen-bond acceptors (Lipinski definition) is 5. The van der Waals surface area contributed by atoms with Crippen LogP contribution in [0.5, 0.6) is 5.75 Å². The number of amides is 4. The molecule has 2 aromatic rings. The van der Waals surface area contributed by atoms with Crippen molar-refractivity contribution in [1.29, 1.82) is 0 Å². The maximum absolute atomic E-state index is 12.4. The Balaban J connectivity index is 1.44. The van der Waals surface area contributed by atoms with Gasteiger partial charge in [0.2, 0.25) is 11.8 Å². The van der Waals surface area contributed by atoms with Crippen molar-refractivity contribution in [3.8, 4) is 5.75 Å². The monoisotopic (exact) mass is 473 g/mol. The van der Waals surface area contributed by atoms with Crippen LogP contribution in [0.25, 0.3) is 0 Å². The van der Waals surface area contributed by atoms with E-state index in [1.54, 1.807) is 42.5 Å². The SMILES string of the molecule is CCOc1ccc(NC(=O)CNC(=O)CCN2C(=O)c3ccc(Br)cc3C2=O)cc1. The van der Waals surface area contributed by atoms with Crippen LogP contribution in [0.2, 0.25) is 0 Å². The van der Waals surface area contributed by atoms with Crippen molar-refractivity contribution in [3.63, 3.8) is 0 Å². The highest BCUT2D eigenvalue weighted by Crippen LogP contribution is 2.26. The minimum atomic E-state index is -0.436. The summed E-state index contributed by atoms with van der Waals surface area (Å²) in [5.74, 6) is -0.988. The number of rotatable bonds is 8. The molecular weight excluding hydrogens is 454 g/mol. The van der Waals surface area contributed by atoms with E-state index in [4.69, 9.17) is 4.74 Å². The first-order valence-corrected chi connectivity index (χ1v) is 10.1. The molecule has 1 aliphatic rings. The van der Waals surface area contributed by atoms with Crippen molar-refractivity contribution >= 4 is 45.2 Å². The molecule has 0 saturated carbocycles. The molecule has 0 atom stereocenters. The van der Waals surface area contributed by atoms with E-state index in [-0.39, 0.29) is 19.5 Å². The van der Waals surface area contributed by atoms with E-state index in [2.05, 4.69) is 26.6 Å². The summed E-state index contributed by atoms with van der Waals surface area (Å²) in [7, 11) is 0. The van der Waals surface area contributed by atoms with Crippen molar-refractivity contribution in [3.05, 3.63) is 58.1 Å². The van der Waals surface area contributed by atoms with Gasteiger partial charge in [-0.3, -0.25) is 24.1 Å². The molecule has 156 valence electrons. The maximum Gasteiger partial charge on any atom is 0.261 e. The number of nitrogens with one attached hydrogen (secondary N) is 2. The molecule has 0 fully saturated rings. The Morgan fingerprint density at radius 2 is 1.70 bits per heavy atom. The summed E-state index contributed by atoms with van der Waals surface area (Å²) in [6.07, 6.45) is -0.0943. The van der Waals surface area contributed by atoms with Gasteiger partial charge in [0.1, 0.15) is 5.75 Å². The molecule has 1 aliphatic heterocycles. The third-order valence-corrected chi connectivity index (χ3v) is 4.88. The molecule has 4 amide bonds. The van der Waals surface area contributed by atoms with Gasteiger partial charge in [-0.15, -0.1) is 0 Å². The summed E-state index contributed by atoms with van der Waals surface area (Å²) in [5.41, 5.74) is 1.21. The second-order valence-corrected chi connectivity index (χ2v) is 7.40. The van der Waals surface area contributed by atoms with Crippen molar-refractivity contribution in [1.82, 2.24) is 10.2 Å². The van der Waals surface area contributed by atoms with Gasteiger partial charge < -0.3 is 15.4 Å². The Bertz CT molecular complexity index is 991. The van der Waals surface area contributed by atoms with Crippen LogP contribution < -0.4 is 15.4 Å². The number of halogens is 1. The van der Waals surface area contributed by atoms with Crippen molar-refractivity contribution in [2.45, 2.75) is 13.3 Å². The Morgan fingerprint density at radius 3 is 2.40 bits per heavy atom. The Kier molecular flexibility index (Phi) is 6.83. The summed E-state index contributed by atoms with van der Waals surface area (Å²) in [6.45, 7) is 2.15. The molecule has 0 radical (unpaired) electrons. The van der Waals surface area contributed by atoms with E-state index in [0.29, 0.717) is 33.6 Å². The highest BCUT2D eigenvalue weighted by atomic mass is 79.9. The molecule has 2 aromatic carbocycles. The quantitative estimate of drug-likeness (QED) is 0.573. The second kappa shape index (κ2) is 9.53. The van der Waals surface area contributed by atoms with E-state index < -0.39 is 23.6 Å². The molecule has 3 rings (SSSR count). The second-order valence-electron chi connectivity index (χ2n) is 6.48. The van der Waals surface area contributed by atoms with Gasteiger partial charge in [-0.05, 0) is 49.4 Å². The average molecular weight is 474 g/mol. The van der Waals surface area contributed by atoms with Crippen LogP contribution in [0.3, 0.4) is 0 Å². The number of imide groups is 1. The van der Waals surface area contributed by atoms with E-state index in [1.807, 2.05) is 6.92 Å². The number of ether oxygens (including phenoxy) is 1. The molecule has 0 unspecified atom stereocenters. The minimum absolute atomic E-state index is 0.0592. The number of carbonyl (C=O) groups is 4. The average Bonchev–Trinajstić information content (AvgIpc) is 2.96. The third kappa shape index (κ3) is 5.04. The van der Waals surface area contributed by atoms with E-state index >= 15 is 0 Å². The number of anilines is 1. The standard InChI is InChI=1S/C21H20BrN3O5/c1-2-30-15-6-4-14(5-7-15)24-19(27)12-23-18(26)9-10-25-20(28)16-8-3-13(22)11-17(16)21(25)29/h3-8,11H,2,9-10,12H2,1H3,(H,23,26)(H,24,27). The molecule has 8 nitrogen and oxygen atoms in total. The van der Waals surface area contributed by atoms with Crippen LogP contribution in [0.15, 0.2) is 46.9 Å². The fourth-order valence-electron chi connectivity index (χ4n) is 2.95. The number of carbonyl (C=O) groups excluding carboxylic acids is 4. The molecule has 1 heterocycles. The Labute approximate surface area is 181 Å². The predicted molar refractivity (Wildman–Crippen MR) is 113 cm³/mol. The summed E-state index contributed by atoms with van der Waals surface area (Å²) in [4.78, 5) is 49.8. The fraction of sp³-hybridized carbons (Fsp3) is 0.238. The topological polar surface area (TPSA) is 105 Å².